The molecule has 2 nitrogen and oxygen atoms in total. The van der Waals surface area contributed by atoms with Gasteiger partial charge in [-0.15, -0.1) is 0 Å². The van der Waals surface area contributed by atoms with Gasteiger partial charge < -0.3 is 9.15 Å². The SMILES string of the molecule is COc1cc2c3ccccc3oc2c2ccccc12. The van der Waals surface area contributed by atoms with Crippen molar-refractivity contribution < 1.29 is 9.15 Å². The van der Waals surface area contributed by atoms with Gasteiger partial charge in [-0.25, -0.2) is 0 Å². The minimum Gasteiger partial charge on any atom is -0.496 e. The number of rotatable bonds is 1. The summed E-state index contributed by atoms with van der Waals surface area (Å²) in [6, 6.07) is 18.3. The lowest BCUT2D eigenvalue weighted by molar-refractivity contribution is 0.420. The molecule has 19 heavy (non-hydrogen) atoms. The molecule has 4 aromatic rings. The second kappa shape index (κ2) is 3.75. The molecule has 92 valence electrons. The molecule has 1 heterocycles. The fraction of sp³-hybridized carbons (Fsp3) is 0.0588. The Labute approximate surface area is 110 Å². The average molecular weight is 248 g/mol. The molecule has 1 aromatic heterocycles. The Hall–Kier alpha value is -2.48. The molecule has 0 aliphatic heterocycles. The van der Waals surface area contributed by atoms with Crippen LogP contribution in [0.15, 0.2) is 59.0 Å². The van der Waals surface area contributed by atoms with Gasteiger partial charge >= 0.3 is 0 Å². The second-order valence-corrected chi connectivity index (χ2v) is 4.60. The van der Waals surface area contributed by atoms with Crippen molar-refractivity contribution in [2.24, 2.45) is 0 Å². The van der Waals surface area contributed by atoms with Crippen molar-refractivity contribution in [2.75, 3.05) is 7.11 Å². The van der Waals surface area contributed by atoms with Gasteiger partial charge in [0.05, 0.1) is 7.11 Å². The number of hydrogen-bond donors (Lipinski definition) is 0. The Morgan fingerprint density at radius 2 is 1.47 bits per heavy atom. The van der Waals surface area contributed by atoms with Crippen LogP contribution >= 0.6 is 0 Å². The molecule has 0 saturated carbocycles. The number of hydrogen-bond acceptors (Lipinski definition) is 2. The van der Waals surface area contributed by atoms with Crippen LogP contribution in [0.2, 0.25) is 0 Å². The minimum absolute atomic E-state index is 0.884. The first-order valence-electron chi connectivity index (χ1n) is 6.25. The Bertz CT molecular complexity index is 903. The second-order valence-electron chi connectivity index (χ2n) is 4.60. The van der Waals surface area contributed by atoms with Crippen molar-refractivity contribution >= 4 is 32.7 Å². The van der Waals surface area contributed by atoms with Crippen molar-refractivity contribution in [2.45, 2.75) is 0 Å². The third-order valence-electron chi connectivity index (χ3n) is 3.57. The van der Waals surface area contributed by atoms with Crippen LogP contribution in [0.4, 0.5) is 0 Å². The predicted molar refractivity (Wildman–Crippen MR) is 77.8 cm³/mol. The highest BCUT2D eigenvalue weighted by molar-refractivity contribution is 6.16. The van der Waals surface area contributed by atoms with E-state index in [1.165, 1.54) is 0 Å². The molecule has 0 amide bonds. The monoisotopic (exact) mass is 248 g/mol. The summed E-state index contributed by atoms with van der Waals surface area (Å²) in [6.45, 7) is 0. The van der Waals surface area contributed by atoms with Crippen LogP contribution in [0, 0.1) is 0 Å². The van der Waals surface area contributed by atoms with Crippen molar-refractivity contribution in [1.82, 2.24) is 0 Å². The summed E-state index contributed by atoms with van der Waals surface area (Å²) in [7, 11) is 1.70. The quantitative estimate of drug-likeness (QED) is 0.485. The molecule has 0 aliphatic rings. The molecule has 0 bridgehead atoms. The number of furan rings is 1. The molecule has 0 N–H and O–H groups in total. The van der Waals surface area contributed by atoms with Gasteiger partial charge in [-0.05, 0) is 12.1 Å². The van der Waals surface area contributed by atoms with Crippen LogP contribution in [0.1, 0.15) is 0 Å². The summed E-state index contributed by atoms with van der Waals surface area (Å²) in [5.74, 6) is 0.884. The minimum atomic E-state index is 0.884. The Morgan fingerprint density at radius 1 is 0.789 bits per heavy atom. The topological polar surface area (TPSA) is 22.4 Å². The van der Waals surface area contributed by atoms with E-state index >= 15 is 0 Å². The molecule has 3 aromatic carbocycles. The smallest absolute Gasteiger partial charge is 0.143 e. The normalized spacial score (nSPS) is 11.4. The molecule has 0 fully saturated rings. The Morgan fingerprint density at radius 3 is 2.26 bits per heavy atom. The van der Waals surface area contributed by atoms with Gasteiger partial charge in [0.15, 0.2) is 0 Å². The fourth-order valence-corrected chi connectivity index (χ4v) is 2.68. The molecule has 0 atom stereocenters. The third-order valence-corrected chi connectivity index (χ3v) is 3.57. The average Bonchev–Trinajstić information content (AvgIpc) is 2.85. The highest BCUT2D eigenvalue weighted by Gasteiger charge is 2.13. The molecule has 2 heteroatoms. The molecule has 0 unspecified atom stereocenters. The van der Waals surface area contributed by atoms with E-state index in [-0.39, 0.29) is 0 Å². The molecular weight excluding hydrogens is 236 g/mol. The van der Waals surface area contributed by atoms with E-state index in [0.29, 0.717) is 0 Å². The summed E-state index contributed by atoms with van der Waals surface area (Å²) >= 11 is 0. The summed E-state index contributed by atoms with van der Waals surface area (Å²) in [5, 5.41) is 4.40. The predicted octanol–water partition coefficient (Wildman–Crippen LogP) is 4.75. The maximum atomic E-state index is 6.01. The largest absolute Gasteiger partial charge is 0.496 e. The van der Waals surface area contributed by atoms with Crippen molar-refractivity contribution in [3.63, 3.8) is 0 Å². The first-order valence-corrected chi connectivity index (χ1v) is 6.25. The lowest BCUT2D eigenvalue weighted by Crippen LogP contribution is -1.85. The number of benzene rings is 3. The zero-order chi connectivity index (χ0) is 12.8. The van der Waals surface area contributed by atoms with Gasteiger partial charge in [0.25, 0.3) is 0 Å². The van der Waals surface area contributed by atoms with E-state index in [9.17, 15) is 0 Å². The number of fused-ring (bicyclic) bond motifs is 5. The standard InChI is InChI=1S/C17H12O2/c1-18-16-10-14-12-7-4-5-9-15(12)19-17(14)13-8-3-2-6-11(13)16/h2-10H,1H3. The van der Waals surface area contributed by atoms with Crippen molar-refractivity contribution in [3.8, 4) is 5.75 Å². The van der Waals surface area contributed by atoms with Gasteiger partial charge in [-0.3, -0.25) is 0 Å². The van der Waals surface area contributed by atoms with Crippen molar-refractivity contribution in [1.29, 1.82) is 0 Å². The number of methoxy groups -OCH3 is 1. The number of para-hydroxylation sites is 1. The third kappa shape index (κ3) is 1.37. The van der Waals surface area contributed by atoms with E-state index < -0.39 is 0 Å². The van der Waals surface area contributed by atoms with Gasteiger partial charge in [0.1, 0.15) is 16.9 Å². The zero-order valence-electron chi connectivity index (χ0n) is 10.5. The van der Waals surface area contributed by atoms with Gasteiger partial charge in [-0.1, -0.05) is 42.5 Å². The summed E-state index contributed by atoms with van der Waals surface area (Å²) in [6.07, 6.45) is 0. The zero-order valence-corrected chi connectivity index (χ0v) is 10.5. The lowest BCUT2D eigenvalue weighted by Gasteiger charge is -2.05. The lowest BCUT2D eigenvalue weighted by atomic mass is 10.0. The first-order chi connectivity index (χ1) is 9.38. The molecule has 0 spiro atoms. The number of ether oxygens (including phenoxy) is 1. The van der Waals surface area contributed by atoms with Gasteiger partial charge in [-0.2, -0.15) is 0 Å². The van der Waals surface area contributed by atoms with Crippen LogP contribution < -0.4 is 4.74 Å². The van der Waals surface area contributed by atoms with Crippen LogP contribution in [-0.2, 0) is 0 Å². The van der Waals surface area contributed by atoms with Crippen LogP contribution in [-0.4, -0.2) is 7.11 Å². The van der Waals surface area contributed by atoms with Crippen LogP contribution in [0.25, 0.3) is 32.7 Å². The van der Waals surface area contributed by atoms with E-state index in [0.717, 1.165) is 38.5 Å². The molecule has 4 rings (SSSR count). The van der Waals surface area contributed by atoms with Gasteiger partial charge in [0.2, 0.25) is 0 Å². The maximum Gasteiger partial charge on any atom is 0.143 e. The molecule has 0 saturated heterocycles. The highest BCUT2D eigenvalue weighted by atomic mass is 16.5. The van der Waals surface area contributed by atoms with E-state index in [4.69, 9.17) is 9.15 Å². The summed E-state index contributed by atoms with van der Waals surface area (Å²) in [4.78, 5) is 0. The van der Waals surface area contributed by atoms with E-state index in [1.807, 2.05) is 30.3 Å². The summed E-state index contributed by atoms with van der Waals surface area (Å²) < 4.78 is 11.5. The fourth-order valence-electron chi connectivity index (χ4n) is 2.68. The Balaban J connectivity index is 2.32. The van der Waals surface area contributed by atoms with E-state index in [2.05, 4.69) is 24.3 Å². The Kier molecular flexibility index (Phi) is 2.06. The summed E-state index contributed by atoms with van der Waals surface area (Å²) in [5.41, 5.74) is 1.84. The first kappa shape index (κ1) is 10.4. The van der Waals surface area contributed by atoms with Crippen molar-refractivity contribution in [3.05, 3.63) is 54.6 Å². The highest BCUT2D eigenvalue weighted by Crippen LogP contribution is 2.38. The van der Waals surface area contributed by atoms with E-state index in [1.54, 1.807) is 7.11 Å². The van der Waals surface area contributed by atoms with Crippen LogP contribution in [0.3, 0.4) is 0 Å². The molecular formula is C17H12O2. The van der Waals surface area contributed by atoms with Gasteiger partial charge in [0, 0.05) is 21.5 Å². The molecule has 0 aliphatic carbocycles. The molecule has 0 radical (unpaired) electrons. The maximum absolute atomic E-state index is 6.01. The van der Waals surface area contributed by atoms with Crippen LogP contribution in [0.5, 0.6) is 5.75 Å².